The van der Waals surface area contributed by atoms with Crippen molar-refractivity contribution < 1.29 is 8.42 Å². The van der Waals surface area contributed by atoms with Gasteiger partial charge in [0.25, 0.3) is 10.0 Å². The van der Waals surface area contributed by atoms with E-state index in [2.05, 4.69) is 19.7 Å². The summed E-state index contributed by atoms with van der Waals surface area (Å²) in [6.07, 6.45) is 0. The minimum atomic E-state index is -3.84. The van der Waals surface area contributed by atoms with Gasteiger partial charge in [-0.05, 0) is 47.5 Å². The lowest BCUT2D eigenvalue weighted by molar-refractivity contribution is 0.601. The molecule has 0 radical (unpaired) electrons. The maximum absolute atomic E-state index is 12.0. The van der Waals surface area contributed by atoms with Gasteiger partial charge in [0.1, 0.15) is 0 Å². The number of anilines is 2. The normalized spacial score (nSPS) is 11.3. The molecule has 1 aromatic heterocycles. The number of hydrogen-bond donors (Lipinski definition) is 2. The number of nitrogens with two attached hydrogens (primary N) is 1. The van der Waals surface area contributed by atoms with Crippen LogP contribution < -0.4 is 10.5 Å². The highest BCUT2D eigenvalue weighted by Gasteiger charge is 2.16. The first-order valence-corrected chi connectivity index (χ1v) is 7.06. The summed E-state index contributed by atoms with van der Waals surface area (Å²) in [5.74, 6) is -0.262. The molecular formula is C9H7Cl2N5O2S. The summed E-state index contributed by atoms with van der Waals surface area (Å²) < 4.78 is 26.1. The Kier molecular flexibility index (Phi) is 3.74. The monoisotopic (exact) mass is 319 g/mol. The van der Waals surface area contributed by atoms with Crippen molar-refractivity contribution in [2.45, 2.75) is 4.90 Å². The molecule has 0 amide bonds. The van der Waals surface area contributed by atoms with Gasteiger partial charge in [-0.15, -0.1) is 0 Å². The quantitative estimate of drug-likeness (QED) is 0.830. The van der Waals surface area contributed by atoms with Crippen LogP contribution in [0.3, 0.4) is 0 Å². The number of benzene rings is 1. The molecule has 19 heavy (non-hydrogen) atoms. The van der Waals surface area contributed by atoms with E-state index in [0.717, 1.165) is 0 Å². The van der Waals surface area contributed by atoms with Crippen molar-refractivity contribution in [3.8, 4) is 0 Å². The average molecular weight is 320 g/mol. The summed E-state index contributed by atoms with van der Waals surface area (Å²) in [7, 11) is -3.84. The van der Waals surface area contributed by atoms with E-state index in [4.69, 9.17) is 28.9 Å². The van der Waals surface area contributed by atoms with Crippen LogP contribution in [0.2, 0.25) is 10.6 Å². The van der Waals surface area contributed by atoms with Crippen molar-refractivity contribution in [3.63, 3.8) is 0 Å². The average Bonchev–Trinajstić information content (AvgIpc) is 2.27. The first kappa shape index (κ1) is 13.8. The second-order valence-corrected chi connectivity index (χ2v) is 5.73. The van der Waals surface area contributed by atoms with E-state index >= 15 is 0 Å². The first-order valence-electron chi connectivity index (χ1n) is 4.82. The Bertz CT molecular complexity index is 685. The van der Waals surface area contributed by atoms with Crippen molar-refractivity contribution in [1.82, 2.24) is 15.0 Å². The predicted octanol–water partition coefficient (Wildman–Crippen LogP) is 1.56. The van der Waals surface area contributed by atoms with Crippen LogP contribution in [0, 0.1) is 0 Å². The van der Waals surface area contributed by atoms with Crippen molar-refractivity contribution in [3.05, 3.63) is 34.8 Å². The highest BCUT2D eigenvalue weighted by Crippen LogP contribution is 2.16. The molecule has 0 aliphatic carbocycles. The molecule has 2 rings (SSSR count). The zero-order valence-corrected chi connectivity index (χ0v) is 11.5. The molecule has 10 heteroatoms. The molecule has 1 aromatic carbocycles. The summed E-state index contributed by atoms with van der Waals surface area (Å²) in [5.41, 5.74) is 5.93. The molecule has 1 heterocycles. The molecule has 0 spiro atoms. The van der Waals surface area contributed by atoms with E-state index in [0.29, 0.717) is 5.69 Å². The molecule has 0 atom stereocenters. The fourth-order valence-electron chi connectivity index (χ4n) is 1.20. The van der Waals surface area contributed by atoms with Gasteiger partial charge in [0.2, 0.25) is 16.5 Å². The maximum atomic E-state index is 12.0. The predicted molar refractivity (Wildman–Crippen MR) is 71.5 cm³/mol. The molecule has 0 saturated heterocycles. The highest BCUT2D eigenvalue weighted by molar-refractivity contribution is 7.92. The second kappa shape index (κ2) is 5.16. The standard InChI is InChI=1S/C9H7Cl2N5O2S/c10-7-13-8(11)15-9(14-7)16-19(17,18)6-3-1-5(12)2-4-6/h1-4H,12H2,(H,13,14,15,16). The minimum Gasteiger partial charge on any atom is -0.399 e. The van der Waals surface area contributed by atoms with Gasteiger partial charge in [-0.1, -0.05) is 0 Å². The molecule has 0 aliphatic rings. The Morgan fingerprint density at radius 1 is 1.00 bits per heavy atom. The Morgan fingerprint density at radius 2 is 1.53 bits per heavy atom. The molecule has 2 aromatic rings. The zero-order valence-electron chi connectivity index (χ0n) is 9.21. The number of aromatic nitrogens is 3. The van der Waals surface area contributed by atoms with Crippen LogP contribution in [0.25, 0.3) is 0 Å². The third kappa shape index (κ3) is 3.43. The molecule has 0 aliphatic heterocycles. The van der Waals surface area contributed by atoms with Gasteiger partial charge in [0, 0.05) is 5.69 Å². The van der Waals surface area contributed by atoms with Gasteiger partial charge in [-0.2, -0.15) is 15.0 Å². The van der Waals surface area contributed by atoms with Crippen LogP contribution in [-0.4, -0.2) is 23.4 Å². The van der Waals surface area contributed by atoms with Gasteiger partial charge in [-0.3, -0.25) is 0 Å². The molecule has 0 unspecified atom stereocenters. The Balaban J connectivity index is 2.33. The van der Waals surface area contributed by atoms with Crippen LogP contribution in [0.5, 0.6) is 0 Å². The van der Waals surface area contributed by atoms with Gasteiger partial charge < -0.3 is 5.73 Å². The summed E-state index contributed by atoms with van der Waals surface area (Å²) in [6.45, 7) is 0. The molecule has 0 saturated carbocycles. The van der Waals surface area contributed by atoms with Gasteiger partial charge in [-0.25, -0.2) is 13.1 Å². The fraction of sp³-hybridized carbons (Fsp3) is 0. The van der Waals surface area contributed by atoms with Crippen LogP contribution >= 0.6 is 23.2 Å². The maximum Gasteiger partial charge on any atom is 0.264 e. The lowest BCUT2D eigenvalue weighted by Gasteiger charge is -2.06. The third-order valence-electron chi connectivity index (χ3n) is 2.00. The van der Waals surface area contributed by atoms with E-state index in [9.17, 15) is 8.42 Å². The number of rotatable bonds is 3. The third-order valence-corrected chi connectivity index (χ3v) is 3.68. The van der Waals surface area contributed by atoms with Crippen molar-refractivity contribution in [2.24, 2.45) is 0 Å². The Labute approximate surface area is 118 Å². The molecular weight excluding hydrogens is 313 g/mol. The van der Waals surface area contributed by atoms with Gasteiger partial charge in [0.05, 0.1) is 4.90 Å². The molecule has 3 N–H and O–H groups in total. The highest BCUT2D eigenvalue weighted by atomic mass is 35.5. The largest absolute Gasteiger partial charge is 0.399 e. The fourth-order valence-corrected chi connectivity index (χ4v) is 2.50. The van der Waals surface area contributed by atoms with E-state index in [1.165, 1.54) is 24.3 Å². The number of nitrogens with one attached hydrogen (secondary N) is 1. The van der Waals surface area contributed by atoms with E-state index in [1.54, 1.807) is 0 Å². The second-order valence-electron chi connectivity index (χ2n) is 3.37. The number of halogens is 2. The zero-order chi connectivity index (χ0) is 14.0. The van der Waals surface area contributed by atoms with Crippen LogP contribution in [0.1, 0.15) is 0 Å². The van der Waals surface area contributed by atoms with E-state index < -0.39 is 10.0 Å². The minimum absolute atomic E-state index is 0.00866. The number of sulfonamides is 1. The van der Waals surface area contributed by atoms with E-state index in [1.807, 2.05) is 0 Å². The summed E-state index contributed by atoms with van der Waals surface area (Å²) in [4.78, 5) is 10.7. The number of nitrogen functional groups attached to an aromatic ring is 1. The Hall–Kier alpha value is -1.64. The molecule has 7 nitrogen and oxygen atoms in total. The van der Waals surface area contributed by atoms with E-state index in [-0.39, 0.29) is 21.4 Å². The lowest BCUT2D eigenvalue weighted by atomic mass is 10.3. The smallest absolute Gasteiger partial charge is 0.264 e. The summed E-state index contributed by atoms with van der Waals surface area (Å²) in [5, 5.41) is -0.426. The van der Waals surface area contributed by atoms with Crippen LogP contribution in [0.4, 0.5) is 11.6 Å². The molecule has 100 valence electrons. The lowest BCUT2D eigenvalue weighted by Crippen LogP contribution is -2.15. The summed E-state index contributed by atoms with van der Waals surface area (Å²) >= 11 is 11.1. The summed E-state index contributed by atoms with van der Waals surface area (Å²) in [6, 6.07) is 5.62. The van der Waals surface area contributed by atoms with Crippen molar-refractivity contribution >= 4 is 44.9 Å². The topological polar surface area (TPSA) is 111 Å². The van der Waals surface area contributed by atoms with Crippen LogP contribution in [-0.2, 0) is 10.0 Å². The first-order chi connectivity index (χ1) is 8.87. The van der Waals surface area contributed by atoms with Crippen molar-refractivity contribution in [2.75, 3.05) is 10.5 Å². The van der Waals surface area contributed by atoms with Gasteiger partial charge in [0.15, 0.2) is 0 Å². The van der Waals surface area contributed by atoms with Gasteiger partial charge >= 0.3 is 0 Å². The van der Waals surface area contributed by atoms with Crippen molar-refractivity contribution in [1.29, 1.82) is 0 Å². The van der Waals surface area contributed by atoms with Crippen LogP contribution in [0.15, 0.2) is 29.2 Å². The Morgan fingerprint density at radius 3 is 2.05 bits per heavy atom. The SMILES string of the molecule is Nc1ccc(S(=O)(=O)Nc2nc(Cl)nc(Cl)n2)cc1. The number of nitrogens with zero attached hydrogens (tertiary/aromatic N) is 3. The molecule has 0 fully saturated rings. The number of hydrogen-bond acceptors (Lipinski definition) is 6. The molecule has 0 bridgehead atoms.